The Balaban J connectivity index is 3.39. The first-order chi connectivity index (χ1) is 35.5. The van der Waals surface area contributed by atoms with E-state index >= 15 is 0 Å². The van der Waals surface area contributed by atoms with Crippen LogP contribution in [0.25, 0.3) is 0 Å². The number of carbonyl (C=O) groups excluding carboxylic acids is 2. The standard InChI is InChI=1S/C66H127NO5/c1-3-5-7-9-11-13-15-17-19-28-32-36-40-44-48-52-56-60-66(71)72-61-57-53-49-45-41-37-33-30-27-25-23-21-20-22-24-26-29-31-35-39-43-47-51-55-59-65(70)67-63(62-68)64(69)58-54-50-46-42-38-34-18-16-14-12-10-8-6-4-2/h22,24,54,58,63-64,68-69H,3-21,23,25-53,55-57,59-62H2,1-2H3,(H,67,70)/b24-22-,58-54+. The number of hydrogen-bond acceptors (Lipinski definition) is 5. The van der Waals surface area contributed by atoms with E-state index in [1.54, 1.807) is 6.08 Å². The predicted molar refractivity (Wildman–Crippen MR) is 315 cm³/mol. The number of hydrogen-bond donors (Lipinski definition) is 3. The molecule has 0 spiro atoms. The summed E-state index contributed by atoms with van der Waals surface area (Å²) in [6.45, 7) is 4.93. The van der Waals surface area contributed by atoms with Crippen LogP contribution in [0.2, 0.25) is 0 Å². The summed E-state index contributed by atoms with van der Waals surface area (Å²) >= 11 is 0. The molecular weight excluding hydrogens is 887 g/mol. The van der Waals surface area contributed by atoms with Crippen LogP contribution in [0.1, 0.15) is 361 Å². The highest BCUT2D eigenvalue weighted by molar-refractivity contribution is 5.76. The number of aliphatic hydroxyl groups is 2. The molecule has 0 saturated heterocycles. The van der Waals surface area contributed by atoms with Gasteiger partial charge in [0.05, 0.1) is 25.4 Å². The Bertz CT molecular complexity index is 1120. The topological polar surface area (TPSA) is 95.9 Å². The number of amides is 1. The van der Waals surface area contributed by atoms with Gasteiger partial charge in [0.1, 0.15) is 0 Å². The van der Waals surface area contributed by atoms with Crippen molar-refractivity contribution in [1.29, 1.82) is 0 Å². The maximum atomic E-state index is 12.5. The normalized spacial score (nSPS) is 12.7. The lowest BCUT2D eigenvalue weighted by Crippen LogP contribution is -2.45. The van der Waals surface area contributed by atoms with Crippen molar-refractivity contribution >= 4 is 11.9 Å². The van der Waals surface area contributed by atoms with Crippen molar-refractivity contribution in [1.82, 2.24) is 5.32 Å². The van der Waals surface area contributed by atoms with Crippen molar-refractivity contribution in [3.05, 3.63) is 24.3 Å². The van der Waals surface area contributed by atoms with E-state index in [4.69, 9.17) is 4.74 Å². The molecule has 0 heterocycles. The molecule has 0 rings (SSSR count). The lowest BCUT2D eigenvalue weighted by atomic mass is 10.0. The van der Waals surface area contributed by atoms with Gasteiger partial charge in [-0.25, -0.2) is 0 Å². The monoisotopic (exact) mass is 1010 g/mol. The number of esters is 1. The van der Waals surface area contributed by atoms with Crippen LogP contribution < -0.4 is 5.32 Å². The summed E-state index contributed by atoms with van der Waals surface area (Å²) in [6, 6.07) is -0.630. The van der Waals surface area contributed by atoms with Gasteiger partial charge in [-0.2, -0.15) is 0 Å². The molecule has 0 aliphatic carbocycles. The molecule has 6 heteroatoms. The summed E-state index contributed by atoms with van der Waals surface area (Å²) in [5, 5.41) is 23.1. The minimum absolute atomic E-state index is 0.0164. The second-order valence-electron chi connectivity index (χ2n) is 22.5. The predicted octanol–water partition coefficient (Wildman–Crippen LogP) is 20.6. The molecule has 0 fully saturated rings. The first kappa shape index (κ1) is 70.3. The summed E-state index contributed by atoms with van der Waals surface area (Å²) in [5.41, 5.74) is 0. The second-order valence-corrected chi connectivity index (χ2v) is 22.5. The molecule has 0 aromatic heterocycles. The third-order valence-corrected chi connectivity index (χ3v) is 15.2. The van der Waals surface area contributed by atoms with E-state index in [1.165, 1.54) is 295 Å². The average molecular weight is 1010 g/mol. The fourth-order valence-corrected chi connectivity index (χ4v) is 10.2. The van der Waals surface area contributed by atoms with Gasteiger partial charge in [-0.15, -0.1) is 0 Å². The highest BCUT2D eigenvalue weighted by Crippen LogP contribution is 2.18. The van der Waals surface area contributed by atoms with Gasteiger partial charge in [-0.1, -0.05) is 314 Å². The molecule has 426 valence electrons. The zero-order valence-corrected chi connectivity index (χ0v) is 48.7. The Morgan fingerprint density at radius 3 is 0.986 bits per heavy atom. The van der Waals surface area contributed by atoms with Crippen LogP contribution in [0, 0.1) is 0 Å². The minimum Gasteiger partial charge on any atom is -0.466 e. The van der Waals surface area contributed by atoms with Crippen molar-refractivity contribution in [3.63, 3.8) is 0 Å². The molecule has 0 aliphatic rings. The van der Waals surface area contributed by atoms with Crippen LogP contribution in [0.4, 0.5) is 0 Å². The molecule has 6 nitrogen and oxygen atoms in total. The number of rotatable bonds is 61. The zero-order chi connectivity index (χ0) is 52.2. The maximum Gasteiger partial charge on any atom is 0.305 e. The third kappa shape index (κ3) is 57.6. The molecule has 2 atom stereocenters. The van der Waals surface area contributed by atoms with Crippen molar-refractivity contribution in [2.75, 3.05) is 13.2 Å². The van der Waals surface area contributed by atoms with Crippen LogP contribution in [0.3, 0.4) is 0 Å². The molecule has 0 saturated carbocycles. The van der Waals surface area contributed by atoms with E-state index in [9.17, 15) is 19.8 Å². The van der Waals surface area contributed by atoms with Gasteiger partial charge in [-0.05, 0) is 57.8 Å². The Morgan fingerprint density at radius 1 is 0.375 bits per heavy atom. The Kier molecular flexibility index (Phi) is 60.5. The lowest BCUT2D eigenvalue weighted by Gasteiger charge is -2.20. The summed E-state index contributed by atoms with van der Waals surface area (Å²) < 4.78 is 5.50. The molecule has 0 aliphatic heterocycles. The summed E-state index contributed by atoms with van der Waals surface area (Å²) in [4.78, 5) is 24.5. The van der Waals surface area contributed by atoms with Crippen molar-refractivity contribution in [2.45, 2.75) is 373 Å². The number of nitrogens with one attached hydrogen (secondary N) is 1. The number of carbonyl (C=O) groups is 2. The minimum atomic E-state index is -0.846. The fourth-order valence-electron chi connectivity index (χ4n) is 10.2. The van der Waals surface area contributed by atoms with Gasteiger partial charge < -0.3 is 20.3 Å². The van der Waals surface area contributed by atoms with E-state index < -0.39 is 12.1 Å². The van der Waals surface area contributed by atoms with E-state index in [0.717, 1.165) is 38.5 Å². The zero-order valence-electron chi connectivity index (χ0n) is 48.7. The highest BCUT2D eigenvalue weighted by Gasteiger charge is 2.18. The van der Waals surface area contributed by atoms with E-state index in [2.05, 4.69) is 31.3 Å². The van der Waals surface area contributed by atoms with Crippen LogP contribution in [0.5, 0.6) is 0 Å². The van der Waals surface area contributed by atoms with Crippen molar-refractivity contribution in [2.24, 2.45) is 0 Å². The number of allylic oxidation sites excluding steroid dienone is 3. The van der Waals surface area contributed by atoms with E-state index in [-0.39, 0.29) is 18.5 Å². The largest absolute Gasteiger partial charge is 0.466 e. The number of unbranched alkanes of at least 4 members (excludes halogenated alkanes) is 48. The van der Waals surface area contributed by atoms with E-state index in [0.29, 0.717) is 19.4 Å². The van der Waals surface area contributed by atoms with Crippen molar-refractivity contribution < 1.29 is 24.5 Å². The van der Waals surface area contributed by atoms with Crippen LogP contribution in [-0.4, -0.2) is 47.4 Å². The number of ether oxygens (including phenoxy) is 1. The smallest absolute Gasteiger partial charge is 0.305 e. The molecular formula is C66H127NO5. The third-order valence-electron chi connectivity index (χ3n) is 15.2. The van der Waals surface area contributed by atoms with Gasteiger partial charge in [0.15, 0.2) is 0 Å². The first-order valence-electron chi connectivity index (χ1n) is 32.6. The van der Waals surface area contributed by atoms with Gasteiger partial charge >= 0.3 is 5.97 Å². The molecule has 0 aromatic rings. The quantitative estimate of drug-likeness (QED) is 0.0320. The van der Waals surface area contributed by atoms with Crippen LogP contribution >= 0.6 is 0 Å². The van der Waals surface area contributed by atoms with Gasteiger partial charge in [0.25, 0.3) is 0 Å². The SMILES string of the molecule is CCCCCCCCCCCCCC/C=C/C(O)C(CO)NC(=O)CCCCCCCCCC/C=C\CCCCCCCCCCCCCCOC(=O)CCCCCCCCCCCCCCCCCCC. The molecule has 0 radical (unpaired) electrons. The number of aliphatic hydroxyl groups excluding tert-OH is 2. The summed E-state index contributed by atoms with van der Waals surface area (Å²) in [5.74, 6) is -0.0546. The Hall–Kier alpha value is -1.66. The molecule has 72 heavy (non-hydrogen) atoms. The molecule has 3 N–H and O–H groups in total. The second kappa shape index (κ2) is 61.9. The summed E-state index contributed by atoms with van der Waals surface area (Å²) in [6.07, 6.45) is 76.6. The van der Waals surface area contributed by atoms with Crippen molar-refractivity contribution in [3.8, 4) is 0 Å². The lowest BCUT2D eigenvalue weighted by molar-refractivity contribution is -0.143. The maximum absolute atomic E-state index is 12.5. The van der Waals surface area contributed by atoms with E-state index in [1.807, 2.05) is 6.08 Å². The van der Waals surface area contributed by atoms with Gasteiger partial charge in [-0.3, -0.25) is 9.59 Å². The molecule has 2 unspecified atom stereocenters. The summed E-state index contributed by atoms with van der Waals surface area (Å²) in [7, 11) is 0. The molecule has 0 aromatic carbocycles. The highest BCUT2D eigenvalue weighted by atomic mass is 16.5. The molecule has 0 bridgehead atoms. The van der Waals surface area contributed by atoms with Gasteiger partial charge in [0.2, 0.25) is 5.91 Å². The Labute approximate surface area is 450 Å². The Morgan fingerprint density at radius 2 is 0.653 bits per heavy atom. The van der Waals surface area contributed by atoms with Crippen LogP contribution in [-0.2, 0) is 14.3 Å². The fraction of sp³-hybridized carbons (Fsp3) is 0.909. The van der Waals surface area contributed by atoms with Gasteiger partial charge in [0, 0.05) is 12.8 Å². The first-order valence-corrected chi connectivity index (χ1v) is 32.6. The molecule has 1 amide bonds. The average Bonchev–Trinajstić information content (AvgIpc) is 3.38. The van der Waals surface area contributed by atoms with Crippen LogP contribution in [0.15, 0.2) is 24.3 Å².